The summed E-state index contributed by atoms with van der Waals surface area (Å²) in [5.41, 5.74) is 5.22. The van der Waals surface area contributed by atoms with Gasteiger partial charge in [-0.1, -0.05) is 29.8 Å². The van der Waals surface area contributed by atoms with Crippen molar-refractivity contribution in [2.75, 3.05) is 6.61 Å². The lowest BCUT2D eigenvalue weighted by Gasteiger charge is -2.28. The standard InChI is InChI=1S/C31H32FN4O4P/c1-18-2-5-21(27(41)14-18)17-40-30-23(32)8-9-24(35-30)20-6-3-19(4-7-20)15-28-33-25-10-11-26(31(37)38)34-29(25)36(28)16-22-12-13-39-22/h2,5-6,8-11,14,19,22H,3-4,7,12-13,15-17,41H2,1H3,(H,37,38)/t19?,22-/m0/s1. The molecule has 1 aliphatic heterocycles. The van der Waals surface area contributed by atoms with Gasteiger partial charge in [0.2, 0.25) is 0 Å². The third kappa shape index (κ3) is 6.02. The van der Waals surface area contributed by atoms with Crippen LogP contribution in [-0.2, 0) is 24.3 Å². The van der Waals surface area contributed by atoms with E-state index in [1.165, 1.54) is 12.1 Å². The number of halogens is 1. The van der Waals surface area contributed by atoms with E-state index < -0.39 is 11.8 Å². The third-order valence-electron chi connectivity index (χ3n) is 7.87. The monoisotopic (exact) mass is 574 g/mol. The topological polar surface area (TPSA) is 99.4 Å². The molecule has 1 saturated heterocycles. The first-order valence-corrected chi connectivity index (χ1v) is 14.5. The summed E-state index contributed by atoms with van der Waals surface area (Å²) in [5.74, 6) is -0.273. The van der Waals surface area contributed by atoms with Crippen LogP contribution in [0, 0.1) is 18.7 Å². The van der Waals surface area contributed by atoms with Crippen LogP contribution < -0.4 is 10.0 Å². The van der Waals surface area contributed by atoms with Crippen molar-refractivity contribution in [3.05, 3.63) is 82.7 Å². The Hall–Kier alpha value is -3.68. The van der Waals surface area contributed by atoms with Gasteiger partial charge in [0.05, 0.1) is 18.3 Å². The Labute approximate surface area is 239 Å². The minimum atomic E-state index is -1.06. The Morgan fingerprint density at radius 2 is 2.02 bits per heavy atom. The number of aromatic carboxylic acids is 1. The van der Waals surface area contributed by atoms with Crippen molar-refractivity contribution in [3.63, 3.8) is 0 Å². The molecule has 4 aromatic rings. The summed E-state index contributed by atoms with van der Waals surface area (Å²) >= 11 is 0. The van der Waals surface area contributed by atoms with E-state index in [1.807, 2.05) is 29.7 Å². The van der Waals surface area contributed by atoms with Crippen molar-refractivity contribution in [3.8, 4) is 5.88 Å². The maximum absolute atomic E-state index is 14.6. The number of hydrogen-bond donors (Lipinski definition) is 1. The van der Waals surface area contributed by atoms with Gasteiger partial charge in [-0.3, -0.25) is 0 Å². The SMILES string of the molecule is Cc1ccc(COc2nc(C3=CCC(Cc4nc5ccc(C(=O)O)nc5n4C[C@@H]4CCO4)CC3)ccc2F)c(P)c1. The first kappa shape index (κ1) is 27.5. The molecular formula is C31H32FN4O4P. The molecule has 0 radical (unpaired) electrons. The number of rotatable bonds is 9. The molecule has 10 heteroatoms. The molecule has 0 bridgehead atoms. The van der Waals surface area contributed by atoms with Gasteiger partial charge in [-0.2, -0.15) is 0 Å². The van der Waals surface area contributed by atoms with Gasteiger partial charge in [-0.25, -0.2) is 24.1 Å². The Morgan fingerprint density at radius 3 is 2.73 bits per heavy atom. The second kappa shape index (κ2) is 11.7. The van der Waals surface area contributed by atoms with E-state index in [0.717, 1.165) is 72.2 Å². The van der Waals surface area contributed by atoms with Gasteiger partial charge < -0.3 is 19.1 Å². The summed E-state index contributed by atoms with van der Waals surface area (Å²) < 4.78 is 28.0. The third-order valence-corrected chi connectivity index (χ3v) is 8.41. The molecule has 1 fully saturated rings. The predicted molar refractivity (Wildman–Crippen MR) is 157 cm³/mol. The smallest absolute Gasteiger partial charge is 0.354 e. The van der Waals surface area contributed by atoms with E-state index in [4.69, 9.17) is 14.5 Å². The van der Waals surface area contributed by atoms with Crippen molar-refractivity contribution in [1.29, 1.82) is 0 Å². The first-order valence-electron chi connectivity index (χ1n) is 13.9. The first-order chi connectivity index (χ1) is 19.8. The molecule has 1 aromatic carbocycles. The molecule has 2 unspecified atom stereocenters. The zero-order valence-corrected chi connectivity index (χ0v) is 24.0. The van der Waals surface area contributed by atoms with Crippen LogP contribution in [0.5, 0.6) is 5.88 Å². The number of fused-ring (bicyclic) bond motifs is 1. The van der Waals surface area contributed by atoms with E-state index >= 15 is 0 Å². The number of aromatic nitrogens is 4. The summed E-state index contributed by atoms with van der Waals surface area (Å²) in [4.78, 5) is 25.3. The zero-order valence-electron chi connectivity index (χ0n) is 22.8. The van der Waals surface area contributed by atoms with Gasteiger partial charge in [0.25, 0.3) is 5.88 Å². The molecule has 8 nitrogen and oxygen atoms in total. The van der Waals surface area contributed by atoms with Crippen LogP contribution in [0.3, 0.4) is 0 Å². The van der Waals surface area contributed by atoms with Crippen LogP contribution in [0.15, 0.2) is 48.5 Å². The molecule has 0 spiro atoms. The summed E-state index contributed by atoms with van der Waals surface area (Å²) in [6.07, 6.45) is 6.56. The number of aryl methyl sites for hydroxylation is 1. The fourth-order valence-corrected chi connectivity index (χ4v) is 5.85. The van der Waals surface area contributed by atoms with Crippen molar-refractivity contribution < 1.29 is 23.8 Å². The highest BCUT2D eigenvalue weighted by atomic mass is 31.0. The minimum Gasteiger partial charge on any atom is -0.477 e. The lowest BCUT2D eigenvalue weighted by molar-refractivity contribution is -0.0591. The van der Waals surface area contributed by atoms with Gasteiger partial charge in [0.15, 0.2) is 17.2 Å². The minimum absolute atomic E-state index is 0.00741. The summed E-state index contributed by atoms with van der Waals surface area (Å²) in [5, 5.41) is 10.5. The Kier molecular flexibility index (Phi) is 7.82. The second-order valence-electron chi connectivity index (χ2n) is 10.8. The molecule has 1 N–H and O–H groups in total. The summed E-state index contributed by atoms with van der Waals surface area (Å²) in [7, 11) is 2.70. The second-order valence-corrected chi connectivity index (χ2v) is 11.4. The number of carboxylic acid groups (broad SMARTS) is 1. The zero-order chi connectivity index (χ0) is 28.5. The highest BCUT2D eigenvalue weighted by molar-refractivity contribution is 7.27. The van der Waals surface area contributed by atoms with E-state index in [0.29, 0.717) is 23.6 Å². The van der Waals surface area contributed by atoms with Gasteiger partial charge >= 0.3 is 5.97 Å². The van der Waals surface area contributed by atoms with Crippen LogP contribution in [0.25, 0.3) is 16.7 Å². The molecule has 0 amide bonds. The van der Waals surface area contributed by atoms with E-state index in [9.17, 15) is 14.3 Å². The fraction of sp³-hybridized carbons (Fsp3) is 0.355. The molecule has 6 rings (SSSR count). The van der Waals surface area contributed by atoms with Crippen molar-refractivity contribution in [2.24, 2.45) is 5.92 Å². The average molecular weight is 575 g/mol. The van der Waals surface area contributed by atoms with Gasteiger partial charge in [-0.05, 0) is 79.2 Å². The number of ether oxygens (including phenoxy) is 2. The van der Waals surface area contributed by atoms with Crippen LogP contribution in [-0.4, -0.2) is 43.3 Å². The lowest BCUT2D eigenvalue weighted by Crippen LogP contribution is -2.32. The van der Waals surface area contributed by atoms with Crippen LogP contribution in [0.4, 0.5) is 4.39 Å². The van der Waals surface area contributed by atoms with E-state index in [1.54, 1.807) is 12.1 Å². The normalized spacial score (nSPS) is 18.7. The number of imidazole rings is 1. The van der Waals surface area contributed by atoms with Crippen molar-refractivity contribution in [1.82, 2.24) is 19.5 Å². The number of benzene rings is 1. The van der Waals surface area contributed by atoms with Crippen LogP contribution in [0.2, 0.25) is 0 Å². The molecule has 2 aliphatic rings. The molecule has 0 saturated carbocycles. The van der Waals surface area contributed by atoms with Gasteiger partial charge in [0, 0.05) is 13.0 Å². The average Bonchev–Trinajstić information content (AvgIpc) is 3.27. The molecule has 3 aromatic heterocycles. The fourth-order valence-electron chi connectivity index (χ4n) is 5.41. The Morgan fingerprint density at radius 1 is 1.17 bits per heavy atom. The van der Waals surface area contributed by atoms with Crippen LogP contribution in [0.1, 0.15) is 58.8 Å². The molecular weight excluding hydrogens is 542 g/mol. The van der Waals surface area contributed by atoms with Crippen molar-refractivity contribution >= 4 is 37.3 Å². The number of hydrogen-bond acceptors (Lipinski definition) is 6. The molecule has 212 valence electrons. The van der Waals surface area contributed by atoms with Gasteiger partial charge in [-0.15, -0.1) is 9.24 Å². The molecule has 41 heavy (non-hydrogen) atoms. The highest BCUT2D eigenvalue weighted by Gasteiger charge is 2.25. The summed E-state index contributed by atoms with van der Waals surface area (Å²) in [6.45, 7) is 3.62. The molecule has 1 aliphatic carbocycles. The molecule has 3 atom stereocenters. The van der Waals surface area contributed by atoms with Crippen LogP contribution >= 0.6 is 9.24 Å². The quantitative estimate of drug-likeness (QED) is 0.272. The largest absolute Gasteiger partial charge is 0.477 e. The maximum Gasteiger partial charge on any atom is 0.354 e. The number of pyridine rings is 2. The van der Waals surface area contributed by atoms with Crippen molar-refractivity contribution in [2.45, 2.75) is 58.3 Å². The lowest BCUT2D eigenvalue weighted by atomic mass is 9.86. The van der Waals surface area contributed by atoms with E-state index in [-0.39, 0.29) is 24.3 Å². The number of nitrogens with zero attached hydrogens (tertiary/aromatic N) is 4. The Balaban J connectivity index is 1.17. The van der Waals surface area contributed by atoms with E-state index in [2.05, 4.69) is 25.3 Å². The number of carbonyl (C=O) groups is 1. The van der Waals surface area contributed by atoms with Gasteiger partial charge in [0.1, 0.15) is 17.9 Å². The number of allylic oxidation sites excluding steroid dienone is 2. The highest BCUT2D eigenvalue weighted by Crippen LogP contribution is 2.33. The molecule has 4 heterocycles. The Bertz CT molecular complexity index is 1650. The summed E-state index contributed by atoms with van der Waals surface area (Å²) in [6, 6.07) is 12.4. The maximum atomic E-state index is 14.6. The predicted octanol–water partition coefficient (Wildman–Crippen LogP) is 5.27. The number of carboxylic acids is 1.